The molecule has 32 heavy (non-hydrogen) atoms. The fourth-order valence-corrected chi connectivity index (χ4v) is 3.44. The lowest BCUT2D eigenvalue weighted by atomic mass is 10.2. The molecular formula is C20H24N4O8. The minimum absolute atomic E-state index is 0.146. The van der Waals surface area contributed by atoms with Gasteiger partial charge in [0, 0.05) is 6.42 Å². The first-order chi connectivity index (χ1) is 15.5. The summed E-state index contributed by atoms with van der Waals surface area (Å²) in [5.74, 6) is 1.42. The van der Waals surface area contributed by atoms with E-state index in [0.717, 1.165) is 0 Å². The Morgan fingerprint density at radius 1 is 1.41 bits per heavy atom. The molecule has 0 unspecified atom stereocenters. The van der Waals surface area contributed by atoms with Gasteiger partial charge in [-0.3, -0.25) is 4.57 Å². The molecule has 172 valence electrons. The molecule has 4 rings (SSSR count). The van der Waals surface area contributed by atoms with Crippen LogP contribution in [-0.4, -0.2) is 64.4 Å². The van der Waals surface area contributed by atoms with Gasteiger partial charge in [0.1, 0.15) is 30.4 Å². The molecule has 2 aromatic rings. The molecule has 1 saturated heterocycles. The van der Waals surface area contributed by atoms with E-state index >= 15 is 0 Å². The van der Waals surface area contributed by atoms with Gasteiger partial charge in [0.25, 0.3) is 0 Å². The first-order valence-electron chi connectivity index (χ1n) is 10.2. The van der Waals surface area contributed by atoms with Crippen molar-refractivity contribution in [1.82, 2.24) is 14.9 Å². The van der Waals surface area contributed by atoms with Gasteiger partial charge >= 0.3 is 11.8 Å². The van der Waals surface area contributed by atoms with Crippen LogP contribution in [0.15, 0.2) is 29.2 Å². The van der Waals surface area contributed by atoms with Gasteiger partial charge in [-0.1, -0.05) is 6.07 Å². The maximum atomic E-state index is 12.6. The Bertz CT molecular complexity index is 1040. The third-order valence-electron chi connectivity index (χ3n) is 4.97. The zero-order valence-electron chi connectivity index (χ0n) is 17.3. The molecule has 0 saturated carbocycles. The maximum Gasteiger partial charge on any atom is 0.407 e. The maximum absolute atomic E-state index is 12.6. The summed E-state index contributed by atoms with van der Waals surface area (Å²) in [7, 11) is 0. The molecule has 1 aromatic heterocycles. The lowest BCUT2D eigenvalue weighted by Gasteiger charge is -2.24. The highest BCUT2D eigenvalue weighted by Gasteiger charge is 2.36. The zero-order valence-corrected chi connectivity index (χ0v) is 17.3. The second-order valence-electron chi connectivity index (χ2n) is 7.11. The molecule has 12 heteroatoms. The van der Waals surface area contributed by atoms with Gasteiger partial charge in [-0.2, -0.15) is 4.98 Å². The van der Waals surface area contributed by atoms with Crippen LogP contribution in [0.3, 0.4) is 0 Å². The number of nitrogens with one attached hydrogen (secondary N) is 2. The molecule has 2 aliphatic rings. The minimum Gasteiger partial charge on any atom is -0.489 e. The number of carbonyl (C=O) groups is 1. The van der Waals surface area contributed by atoms with E-state index in [0.29, 0.717) is 22.9 Å². The number of fused-ring (bicyclic) bond motifs is 2. The number of benzene rings is 1. The van der Waals surface area contributed by atoms with Gasteiger partial charge in [-0.25, -0.2) is 9.59 Å². The summed E-state index contributed by atoms with van der Waals surface area (Å²) in [4.78, 5) is 27.9. The Labute approximate surface area is 182 Å². The number of hydrogen-bond acceptors (Lipinski definition) is 10. The third kappa shape index (κ3) is 4.47. The molecule has 0 radical (unpaired) electrons. The molecule has 12 nitrogen and oxygen atoms in total. The number of amides is 1. The van der Waals surface area contributed by atoms with Crippen molar-refractivity contribution in [2.75, 3.05) is 31.7 Å². The number of rotatable bonds is 7. The van der Waals surface area contributed by atoms with E-state index < -0.39 is 30.2 Å². The molecule has 3 atom stereocenters. The fourth-order valence-electron chi connectivity index (χ4n) is 3.44. The molecule has 0 spiro atoms. The van der Waals surface area contributed by atoms with Crippen LogP contribution in [0.25, 0.3) is 0 Å². The molecule has 0 bridgehead atoms. The predicted molar refractivity (Wildman–Crippen MR) is 110 cm³/mol. The number of para-hydroxylation sites is 1. The monoisotopic (exact) mass is 448 g/mol. The topological polar surface area (TPSA) is 153 Å². The Kier molecular flexibility index (Phi) is 6.44. The van der Waals surface area contributed by atoms with Crippen LogP contribution in [0.1, 0.15) is 19.6 Å². The zero-order chi connectivity index (χ0) is 22.7. The SMILES string of the molecule is CCOC(=O)NCCOc1cccc2c1Nc1nc(=O)n([C@H]3C[C@@H](O)[C@@H](CO)O3)cc1O2. The summed E-state index contributed by atoms with van der Waals surface area (Å²) in [6.45, 7) is 2.07. The van der Waals surface area contributed by atoms with Crippen molar-refractivity contribution in [1.29, 1.82) is 0 Å². The number of alkyl carbamates (subject to hydrolysis) is 1. The van der Waals surface area contributed by atoms with E-state index in [2.05, 4.69) is 15.6 Å². The number of nitrogens with zero attached hydrogens (tertiary/aromatic N) is 2. The van der Waals surface area contributed by atoms with Crippen LogP contribution >= 0.6 is 0 Å². The van der Waals surface area contributed by atoms with Gasteiger partial charge in [-0.15, -0.1) is 0 Å². The molecule has 2 aliphatic heterocycles. The van der Waals surface area contributed by atoms with Gasteiger partial charge in [0.15, 0.2) is 17.3 Å². The number of aromatic nitrogens is 2. The third-order valence-corrected chi connectivity index (χ3v) is 4.97. The Morgan fingerprint density at radius 2 is 2.25 bits per heavy atom. The van der Waals surface area contributed by atoms with Crippen molar-refractivity contribution in [2.45, 2.75) is 31.8 Å². The number of ether oxygens (including phenoxy) is 4. The van der Waals surface area contributed by atoms with Crippen molar-refractivity contribution in [3.63, 3.8) is 0 Å². The summed E-state index contributed by atoms with van der Waals surface area (Å²) >= 11 is 0. The largest absolute Gasteiger partial charge is 0.489 e. The van der Waals surface area contributed by atoms with Crippen molar-refractivity contribution in [3.8, 4) is 17.2 Å². The van der Waals surface area contributed by atoms with Gasteiger partial charge in [0.2, 0.25) is 0 Å². The van der Waals surface area contributed by atoms with E-state index in [1.54, 1.807) is 25.1 Å². The second-order valence-corrected chi connectivity index (χ2v) is 7.11. The van der Waals surface area contributed by atoms with Crippen LogP contribution in [0, 0.1) is 0 Å². The highest BCUT2D eigenvalue weighted by Crippen LogP contribution is 2.45. The quantitative estimate of drug-likeness (QED) is 0.383. The summed E-state index contributed by atoms with van der Waals surface area (Å²) in [5, 5.41) is 24.8. The van der Waals surface area contributed by atoms with E-state index in [1.807, 2.05) is 0 Å². The lowest BCUT2D eigenvalue weighted by Crippen LogP contribution is -2.29. The van der Waals surface area contributed by atoms with Crippen molar-refractivity contribution in [3.05, 3.63) is 34.9 Å². The van der Waals surface area contributed by atoms with Crippen LogP contribution in [0.4, 0.5) is 16.3 Å². The Hall–Kier alpha value is -3.35. The van der Waals surface area contributed by atoms with Gasteiger partial charge < -0.3 is 39.8 Å². The average Bonchev–Trinajstić information content (AvgIpc) is 3.15. The molecule has 0 aliphatic carbocycles. The number of hydrogen-bond donors (Lipinski definition) is 4. The van der Waals surface area contributed by atoms with Gasteiger partial charge in [0.05, 0.1) is 32.1 Å². The fraction of sp³-hybridized carbons (Fsp3) is 0.450. The molecule has 1 fully saturated rings. The summed E-state index contributed by atoms with van der Waals surface area (Å²) in [6.07, 6.45) is -1.33. The summed E-state index contributed by atoms with van der Waals surface area (Å²) in [5.41, 5.74) is -0.107. The average molecular weight is 448 g/mol. The minimum atomic E-state index is -0.884. The predicted octanol–water partition coefficient (Wildman–Crippen LogP) is 0.858. The summed E-state index contributed by atoms with van der Waals surface area (Å²) in [6, 6.07) is 5.18. The second kappa shape index (κ2) is 9.42. The molecular weight excluding hydrogens is 424 g/mol. The normalized spacial score (nSPS) is 21.0. The van der Waals surface area contributed by atoms with Crippen LogP contribution in [-0.2, 0) is 9.47 Å². The molecule has 1 amide bonds. The molecule has 3 heterocycles. The highest BCUT2D eigenvalue weighted by atomic mass is 16.6. The number of aliphatic hydroxyl groups is 2. The molecule has 4 N–H and O–H groups in total. The van der Waals surface area contributed by atoms with E-state index in [1.165, 1.54) is 10.8 Å². The van der Waals surface area contributed by atoms with E-state index in [9.17, 15) is 19.8 Å². The first kappa shape index (κ1) is 21.9. The van der Waals surface area contributed by atoms with Gasteiger partial charge in [-0.05, 0) is 19.1 Å². The van der Waals surface area contributed by atoms with Crippen LogP contribution in [0.5, 0.6) is 17.2 Å². The van der Waals surface area contributed by atoms with E-state index in [-0.39, 0.29) is 38.6 Å². The van der Waals surface area contributed by atoms with Crippen molar-refractivity contribution in [2.24, 2.45) is 0 Å². The van der Waals surface area contributed by atoms with Crippen LogP contribution in [0.2, 0.25) is 0 Å². The first-order valence-corrected chi connectivity index (χ1v) is 10.2. The standard InChI is InChI=1S/C20H24N4O8/c1-2-29-20(28)21-6-7-30-12-4-3-5-13-17(12)22-18-14(31-13)9-24(19(27)23-18)16-8-11(26)15(10-25)32-16/h3-5,9,11,15-16,25-26H,2,6-8,10H2,1H3,(H,21,28)(H,22,23,27)/t11-,15-,16-/m1/s1. The van der Waals surface area contributed by atoms with E-state index in [4.69, 9.17) is 18.9 Å². The van der Waals surface area contributed by atoms with Crippen LogP contribution < -0.4 is 25.8 Å². The smallest absolute Gasteiger partial charge is 0.407 e. The van der Waals surface area contributed by atoms with Crippen molar-refractivity contribution < 1.29 is 34.0 Å². The number of aliphatic hydroxyl groups excluding tert-OH is 2. The number of anilines is 2. The lowest BCUT2D eigenvalue weighted by molar-refractivity contribution is -0.0459. The number of carbonyl (C=O) groups excluding carboxylic acids is 1. The highest BCUT2D eigenvalue weighted by molar-refractivity contribution is 5.77. The molecule has 1 aromatic carbocycles. The Morgan fingerprint density at radius 3 is 3.00 bits per heavy atom. The Balaban J connectivity index is 1.47. The van der Waals surface area contributed by atoms with Crippen molar-refractivity contribution >= 4 is 17.6 Å². The summed E-state index contributed by atoms with van der Waals surface area (Å²) < 4.78 is 23.2.